The summed E-state index contributed by atoms with van der Waals surface area (Å²) in [6.45, 7) is -0.481. The maximum atomic E-state index is 12.7. The summed E-state index contributed by atoms with van der Waals surface area (Å²) in [5.74, 6) is -1.81. The molecule has 0 spiro atoms. The van der Waals surface area contributed by atoms with E-state index in [1.807, 2.05) is 30.3 Å². The van der Waals surface area contributed by atoms with Crippen molar-refractivity contribution in [3.63, 3.8) is 0 Å². The molecule has 1 aliphatic heterocycles. The number of carbonyl (C=O) groups is 4. The molecule has 2 aromatic carbocycles. The number of rotatable bonds is 6. The number of thiophene rings is 1. The Bertz CT molecular complexity index is 1160. The van der Waals surface area contributed by atoms with Gasteiger partial charge in [-0.3, -0.25) is 19.3 Å². The van der Waals surface area contributed by atoms with Gasteiger partial charge in [0.15, 0.2) is 0 Å². The van der Waals surface area contributed by atoms with Crippen molar-refractivity contribution in [3.05, 3.63) is 77.9 Å². The fourth-order valence-corrected chi connectivity index (χ4v) is 4.35. The van der Waals surface area contributed by atoms with Crippen LogP contribution in [0.4, 0.5) is 9.80 Å². The van der Waals surface area contributed by atoms with Crippen LogP contribution in [-0.4, -0.2) is 35.2 Å². The lowest BCUT2D eigenvalue weighted by molar-refractivity contribution is -0.130. The van der Waals surface area contributed by atoms with E-state index >= 15 is 0 Å². The zero-order valence-corrected chi connectivity index (χ0v) is 17.0. The standard InChI is InChI=1S/C22H18N4O4S/c23-19(28)15-11-16(13-7-3-1-4-8-13)31-20(15)24-17(27)12-26-21(29)18(25-22(26)30)14-9-5-2-6-10-14/h1-11,18H,12H2,(H2,23,28)(H,24,27)(H,25,30). The van der Waals surface area contributed by atoms with E-state index in [1.54, 1.807) is 36.4 Å². The third kappa shape index (κ3) is 4.17. The Kier molecular flexibility index (Phi) is 5.50. The first-order valence-electron chi connectivity index (χ1n) is 9.40. The molecule has 1 saturated heterocycles. The SMILES string of the molecule is NC(=O)c1cc(-c2ccccc2)sc1NC(=O)CN1C(=O)NC(c2ccccc2)C1=O. The molecular weight excluding hydrogens is 416 g/mol. The van der Waals surface area contributed by atoms with Gasteiger partial charge >= 0.3 is 6.03 Å². The second-order valence-corrected chi connectivity index (χ2v) is 7.90. The number of amides is 5. The van der Waals surface area contributed by atoms with Crippen molar-refractivity contribution in [1.29, 1.82) is 0 Å². The molecule has 9 heteroatoms. The lowest BCUT2D eigenvalue weighted by Gasteiger charge is -2.13. The summed E-state index contributed by atoms with van der Waals surface area (Å²) in [6.07, 6.45) is 0. The highest BCUT2D eigenvalue weighted by Crippen LogP contribution is 2.35. The molecule has 4 rings (SSSR count). The van der Waals surface area contributed by atoms with E-state index in [9.17, 15) is 19.2 Å². The van der Waals surface area contributed by atoms with Crippen LogP contribution in [0.3, 0.4) is 0 Å². The molecule has 0 saturated carbocycles. The van der Waals surface area contributed by atoms with E-state index in [2.05, 4.69) is 10.6 Å². The van der Waals surface area contributed by atoms with Crippen molar-refractivity contribution >= 4 is 40.1 Å². The zero-order chi connectivity index (χ0) is 22.0. The fraction of sp³-hybridized carbons (Fsp3) is 0.0909. The van der Waals surface area contributed by atoms with Gasteiger partial charge in [0.25, 0.3) is 11.8 Å². The minimum absolute atomic E-state index is 0.163. The highest BCUT2D eigenvalue weighted by molar-refractivity contribution is 7.20. The lowest BCUT2D eigenvalue weighted by atomic mass is 10.1. The second-order valence-electron chi connectivity index (χ2n) is 6.85. The van der Waals surface area contributed by atoms with Crippen molar-refractivity contribution in [2.75, 3.05) is 11.9 Å². The second kappa shape index (κ2) is 8.41. The topological polar surface area (TPSA) is 122 Å². The molecule has 1 atom stereocenters. The van der Waals surface area contributed by atoms with Gasteiger partial charge < -0.3 is 16.4 Å². The largest absolute Gasteiger partial charge is 0.366 e. The maximum absolute atomic E-state index is 12.7. The number of benzene rings is 2. The number of primary amides is 1. The normalized spacial score (nSPS) is 15.6. The monoisotopic (exact) mass is 434 g/mol. The van der Waals surface area contributed by atoms with E-state index in [4.69, 9.17) is 5.73 Å². The minimum Gasteiger partial charge on any atom is -0.366 e. The number of urea groups is 1. The number of imide groups is 1. The van der Waals surface area contributed by atoms with Gasteiger partial charge in [-0.1, -0.05) is 60.7 Å². The quantitative estimate of drug-likeness (QED) is 0.517. The molecule has 31 heavy (non-hydrogen) atoms. The van der Waals surface area contributed by atoms with Gasteiger partial charge in [0.2, 0.25) is 5.91 Å². The molecule has 156 valence electrons. The first-order chi connectivity index (χ1) is 14.9. The molecule has 2 heterocycles. The molecule has 0 aliphatic carbocycles. The number of anilines is 1. The molecule has 1 aromatic heterocycles. The van der Waals surface area contributed by atoms with Gasteiger partial charge in [0, 0.05) is 4.88 Å². The first-order valence-corrected chi connectivity index (χ1v) is 10.2. The third-order valence-corrected chi connectivity index (χ3v) is 5.87. The number of hydrogen-bond acceptors (Lipinski definition) is 5. The van der Waals surface area contributed by atoms with Crippen molar-refractivity contribution in [1.82, 2.24) is 10.2 Å². The Labute approximate surface area is 181 Å². The molecule has 0 bridgehead atoms. The highest BCUT2D eigenvalue weighted by Gasteiger charge is 2.39. The van der Waals surface area contributed by atoms with Crippen molar-refractivity contribution in [2.24, 2.45) is 5.73 Å². The van der Waals surface area contributed by atoms with Crippen molar-refractivity contribution < 1.29 is 19.2 Å². The molecule has 3 aromatic rings. The molecular formula is C22H18N4O4S. The van der Waals surface area contributed by atoms with E-state index in [0.717, 1.165) is 15.3 Å². The van der Waals surface area contributed by atoms with E-state index in [0.29, 0.717) is 5.56 Å². The number of nitrogens with zero attached hydrogens (tertiary/aromatic N) is 1. The van der Waals surface area contributed by atoms with E-state index < -0.39 is 36.3 Å². The summed E-state index contributed by atoms with van der Waals surface area (Å²) >= 11 is 1.19. The summed E-state index contributed by atoms with van der Waals surface area (Å²) in [4.78, 5) is 51.0. The molecule has 8 nitrogen and oxygen atoms in total. The smallest absolute Gasteiger partial charge is 0.325 e. The predicted octanol–water partition coefficient (Wildman–Crippen LogP) is 2.75. The van der Waals surface area contributed by atoms with Gasteiger partial charge in [-0.05, 0) is 17.2 Å². The highest BCUT2D eigenvalue weighted by atomic mass is 32.1. The van der Waals surface area contributed by atoms with Crippen LogP contribution in [0.1, 0.15) is 22.0 Å². The Morgan fingerprint density at radius 2 is 1.68 bits per heavy atom. The average molecular weight is 434 g/mol. The van der Waals surface area contributed by atoms with Gasteiger partial charge in [-0.2, -0.15) is 0 Å². The van der Waals surface area contributed by atoms with Gasteiger partial charge in [-0.25, -0.2) is 4.79 Å². The third-order valence-electron chi connectivity index (χ3n) is 4.77. The fourth-order valence-electron chi connectivity index (χ4n) is 3.26. The maximum Gasteiger partial charge on any atom is 0.325 e. The summed E-state index contributed by atoms with van der Waals surface area (Å²) in [5, 5.41) is 5.46. The van der Waals surface area contributed by atoms with Crippen molar-refractivity contribution in [2.45, 2.75) is 6.04 Å². The molecule has 1 unspecified atom stereocenters. The molecule has 5 amide bonds. The van der Waals surface area contributed by atoms with Crippen molar-refractivity contribution in [3.8, 4) is 10.4 Å². The number of carbonyl (C=O) groups excluding carboxylic acids is 4. The van der Waals surface area contributed by atoms with Crippen LogP contribution in [0.5, 0.6) is 0 Å². The van der Waals surface area contributed by atoms with Crippen LogP contribution in [-0.2, 0) is 9.59 Å². The Morgan fingerprint density at radius 3 is 2.32 bits per heavy atom. The Hall–Kier alpha value is -3.98. The summed E-state index contributed by atoms with van der Waals surface area (Å²) in [6, 6.07) is 18.2. The van der Waals surface area contributed by atoms with Gasteiger partial charge in [-0.15, -0.1) is 11.3 Å². The zero-order valence-electron chi connectivity index (χ0n) is 16.2. The molecule has 0 radical (unpaired) electrons. The Morgan fingerprint density at radius 1 is 1.03 bits per heavy atom. The number of nitrogens with one attached hydrogen (secondary N) is 2. The number of nitrogens with two attached hydrogens (primary N) is 1. The molecule has 1 aliphatic rings. The molecule has 4 N–H and O–H groups in total. The van der Waals surface area contributed by atoms with E-state index in [-0.39, 0.29) is 10.6 Å². The van der Waals surface area contributed by atoms with E-state index in [1.165, 1.54) is 11.3 Å². The summed E-state index contributed by atoms with van der Waals surface area (Å²) < 4.78 is 0. The van der Waals surface area contributed by atoms with Crippen LogP contribution in [0.15, 0.2) is 66.7 Å². The first kappa shape index (κ1) is 20.3. The average Bonchev–Trinajstić information content (AvgIpc) is 3.31. The van der Waals surface area contributed by atoms with Crippen LogP contribution in [0, 0.1) is 0 Å². The number of hydrogen-bond donors (Lipinski definition) is 3. The predicted molar refractivity (Wildman–Crippen MR) is 116 cm³/mol. The van der Waals surface area contributed by atoms with Gasteiger partial charge in [0.1, 0.15) is 17.6 Å². The lowest BCUT2D eigenvalue weighted by Crippen LogP contribution is -2.38. The minimum atomic E-state index is -0.839. The Balaban J connectivity index is 1.50. The molecule has 1 fully saturated rings. The van der Waals surface area contributed by atoms with Crippen LogP contribution in [0.25, 0.3) is 10.4 Å². The van der Waals surface area contributed by atoms with Gasteiger partial charge in [0.05, 0.1) is 5.56 Å². The van der Waals surface area contributed by atoms with Crippen LogP contribution in [0.2, 0.25) is 0 Å². The van der Waals surface area contributed by atoms with Crippen LogP contribution < -0.4 is 16.4 Å². The van der Waals surface area contributed by atoms with Crippen LogP contribution >= 0.6 is 11.3 Å². The summed E-state index contributed by atoms with van der Waals surface area (Å²) in [7, 11) is 0. The summed E-state index contributed by atoms with van der Waals surface area (Å²) in [5.41, 5.74) is 7.12.